The summed E-state index contributed by atoms with van der Waals surface area (Å²) in [6.45, 7) is 0.177. The third-order valence-electron chi connectivity index (χ3n) is 3.97. The first-order chi connectivity index (χ1) is 13.3. The van der Waals surface area contributed by atoms with Crippen molar-refractivity contribution in [2.24, 2.45) is 0 Å². The Kier molecular flexibility index (Phi) is 5.62. The number of aromatic nitrogens is 3. The Hall–Kier alpha value is -3.36. The van der Waals surface area contributed by atoms with Gasteiger partial charge in [-0.2, -0.15) is 13.2 Å². The zero-order valence-corrected chi connectivity index (χ0v) is 14.6. The van der Waals surface area contributed by atoms with E-state index in [0.29, 0.717) is 5.56 Å². The molecule has 1 heterocycles. The van der Waals surface area contributed by atoms with Gasteiger partial charge in [0.25, 0.3) is 5.88 Å². The van der Waals surface area contributed by atoms with E-state index in [1.54, 1.807) is 0 Å². The lowest BCUT2D eigenvalue weighted by Crippen LogP contribution is -2.33. The van der Waals surface area contributed by atoms with Crippen LogP contribution in [-0.4, -0.2) is 14.8 Å². The second-order valence-electron chi connectivity index (χ2n) is 6.01. The third-order valence-corrected chi connectivity index (χ3v) is 3.97. The predicted molar refractivity (Wildman–Crippen MR) is 95.0 cm³/mol. The number of nitrogens with one attached hydrogen (secondary N) is 1. The van der Waals surface area contributed by atoms with Crippen molar-refractivity contribution in [3.05, 3.63) is 92.1 Å². The summed E-state index contributed by atoms with van der Waals surface area (Å²) in [6, 6.07) is 13.8. The fraction of sp³-hybridized carbons (Fsp3) is 0.211. The molecule has 1 aromatic heterocycles. The molecule has 28 heavy (non-hydrogen) atoms. The molecular weight excluding hydrogens is 375 g/mol. The van der Waals surface area contributed by atoms with Crippen LogP contribution in [0.1, 0.15) is 16.7 Å². The van der Waals surface area contributed by atoms with Crippen molar-refractivity contribution < 1.29 is 17.9 Å². The van der Waals surface area contributed by atoms with Crippen LogP contribution in [0.4, 0.5) is 13.2 Å². The molecule has 0 radical (unpaired) electrons. The van der Waals surface area contributed by atoms with Crippen LogP contribution in [-0.2, 0) is 25.7 Å². The molecule has 3 aromatic rings. The predicted octanol–water partition coefficient (Wildman–Crippen LogP) is 2.77. The van der Waals surface area contributed by atoms with Gasteiger partial charge < -0.3 is 4.74 Å². The van der Waals surface area contributed by atoms with E-state index in [2.05, 4.69) is 10.1 Å². The van der Waals surface area contributed by atoms with E-state index < -0.39 is 23.0 Å². The Bertz CT molecular complexity index is 1040. The quantitative estimate of drug-likeness (QED) is 0.701. The van der Waals surface area contributed by atoms with Gasteiger partial charge in [0.15, 0.2) is 0 Å². The number of alkyl halides is 3. The molecule has 2 aromatic carbocycles. The summed E-state index contributed by atoms with van der Waals surface area (Å²) in [7, 11) is 0. The summed E-state index contributed by atoms with van der Waals surface area (Å²) in [5.74, 6) is -0.254. The molecule has 0 bridgehead atoms. The van der Waals surface area contributed by atoms with Gasteiger partial charge in [0.2, 0.25) is 0 Å². The molecule has 3 rings (SSSR count). The van der Waals surface area contributed by atoms with Gasteiger partial charge in [-0.1, -0.05) is 42.5 Å². The fourth-order valence-corrected chi connectivity index (χ4v) is 2.48. The van der Waals surface area contributed by atoms with E-state index in [0.717, 1.165) is 22.4 Å². The van der Waals surface area contributed by atoms with Crippen LogP contribution in [0.15, 0.2) is 64.2 Å². The van der Waals surface area contributed by atoms with Gasteiger partial charge in [-0.05, 0) is 29.7 Å². The largest absolute Gasteiger partial charge is 0.468 e. The molecule has 0 amide bonds. The Labute approximate surface area is 157 Å². The van der Waals surface area contributed by atoms with Crippen molar-refractivity contribution in [3.63, 3.8) is 0 Å². The highest BCUT2D eigenvalue weighted by Gasteiger charge is 2.29. The normalized spacial score (nSPS) is 11.4. The van der Waals surface area contributed by atoms with Crippen molar-refractivity contribution >= 4 is 0 Å². The van der Waals surface area contributed by atoms with E-state index in [4.69, 9.17) is 4.74 Å². The molecular formula is C19H16F3N3O3. The number of aromatic amines is 1. The van der Waals surface area contributed by atoms with E-state index in [9.17, 15) is 22.8 Å². The molecule has 146 valence electrons. The highest BCUT2D eigenvalue weighted by Crippen LogP contribution is 2.29. The summed E-state index contributed by atoms with van der Waals surface area (Å²) < 4.78 is 44.2. The van der Waals surface area contributed by atoms with Crippen molar-refractivity contribution in [3.8, 4) is 5.88 Å². The topological polar surface area (TPSA) is 77.0 Å². The van der Waals surface area contributed by atoms with Crippen LogP contribution in [0.3, 0.4) is 0 Å². The highest BCUT2D eigenvalue weighted by molar-refractivity contribution is 5.24. The lowest BCUT2D eigenvalue weighted by atomic mass is 10.1. The number of ether oxygens (including phenoxy) is 1. The van der Waals surface area contributed by atoms with E-state index in [1.165, 1.54) is 12.1 Å². The first-order valence-corrected chi connectivity index (χ1v) is 8.37. The third kappa shape index (κ3) is 4.87. The number of nitrogens with zero attached hydrogens (tertiary/aromatic N) is 2. The number of hydrogen-bond acceptors (Lipinski definition) is 4. The molecule has 0 aliphatic heterocycles. The Morgan fingerprint density at radius 2 is 1.64 bits per heavy atom. The van der Waals surface area contributed by atoms with E-state index in [1.807, 2.05) is 30.3 Å². The van der Waals surface area contributed by atoms with E-state index >= 15 is 0 Å². The van der Waals surface area contributed by atoms with Gasteiger partial charge >= 0.3 is 17.4 Å². The molecule has 0 atom stereocenters. The fourth-order valence-electron chi connectivity index (χ4n) is 2.48. The molecule has 0 saturated heterocycles. The maximum Gasteiger partial charge on any atom is 0.416 e. The number of aryl methyl sites for hydroxylation is 2. The van der Waals surface area contributed by atoms with Gasteiger partial charge in [-0.3, -0.25) is 9.78 Å². The first kappa shape index (κ1) is 19.4. The Morgan fingerprint density at radius 3 is 2.29 bits per heavy atom. The monoisotopic (exact) mass is 391 g/mol. The van der Waals surface area contributed by atoms with Gasteiger partial charge in [0.05, 0.1) is 12.1 Å². The molecule has 1 N–H and O–H groups in total. The minimum absolute atomic E-state index is 0.0721. The number of hydrogen-bond donors (Lipinski definition) is 1. The van der Waals surface area contributed by atoms with Gasteiger partial charge in [0, 0.05) is 0 Å². The van der Waals surface area contributed by atoms with Crippen LogP contribution >= 0.6 is 0 Å². The van der Waals surface area contributed by atoms with Crippen LogP contribution in [0, 0.1) is 0 Å². The van der Waals surface area contributed by atoms with Crippen LogP contribution in [0.2, 0.25) is 0 Å². The summed E-state index contributed by atoms with van der Waals surface area (Å²) >= 11 is 0. The highest BCUT2D eigenvalue weighted by atomic mass is 19.4. The zero-order valence-electron chi connectivity index (χ0n) is 14.6. The smallest absolute Gasteiger partial charge is 0.416 e. The molecule has 0 spiro atoms. The SMILES string of the molecule is O=c1[nH]c(=O)n(CCc2ccc(C(F)(F)F)cc2)nc1OCc1ccccc1. The standard InChI is InChI=1S/C19H16F3N3O3/c20-19(21,22)15-8-6-13(7-9-15)10-11-25-18(27)23-16(26)17(24-25)28-12-14-4-2-1-3-5-14/h1-9H,10-12H2,(H,23,26,27). The van der Waals surface area contributed by atoms with Crippen LogP contribution < -0.4 is 16.0 Å². The summed E-state index contributed by atoms with van der Waals surface area (Å²) in [5, 5.41) is 3.92. The zero-order chi connectivity index (χ0) is 20.1. The second kappa shape index (κ2) is 8.12. The summed E-state index contributed by atoms with van der Waals surface area (Å²) in [6.07, 6.45) is -4.14. The van der Waals surface area contributed by atoms with Crippen molar-refractivity contribution in [1.82, 2.24) is 14.8 Å². The minimum atomic E-state index is -4.40. The molecule has 0 unspecified atom stereocenters. The van der Waals surface area contributed by atoms with Crippen LogP contribution in [0.25, 0.3) is 0 Å². The first-order valence-electron chi connectivity index (χ1n) is 8.37. The lowest BCUT2D eigenvalue weighted by Gasteiger charge is -2.09. The number of H-pyrrole nitrogens is 1. The Morgan fingerprint density at radius 1 is 0.964 bits per heavy atom. The molecule has 9 heteroatoms. The molecule has 0 aliphatic carbocycles. The van der Waals surface area contributed by atoms with Gasteiger partial charge in [-0.25, -0.2) is 9.48 Å². The summed E-state index contributed by atoms with van der Waals surface area (Å²) in [4.78, 5) is 25.9. The van der Waals surface area contributed by atoms with Crippen LogP contribution in [0.5, 0.6) is 5.88 Å². The van der Waals surface area contributed by atoms with E-state index in [-0.39, 0.29) is 25.5 Å². The van der Waals surface area contributed by atoms with Crippen molar-refractivity contribution in [1.29, 1.82) is 0 Å². The Balaban J connectivity index is 1.70. The number of benzene rings is 2. The maximum absolute atomic E-state index is 12.6. The average molecular weight is 391 g/mol. The lowest BCUT2D eigenvalue weighted by molar-refractivity contribution is -0.137. The number of halogens is 3. The number of rotatable bonds is 6. The summed E-state index contributed by atoms with van der Waals surface area (Å²) in [5.41, 5.74) is -0.784. The van der Waals surface area contributed by atoms with Gasteiger partial charge in [0.1, 0.15) is 6.61 Å². The molecule has 6 nitrogen and oxygen atoms in total. The molecule has 0 aliphatic rings. The molecule has 0 fully saturated rings. The van der Waals surface area contributed by atoms with Crippen molar-refractivity contribution in [2.75, 3.05) is 0 Å². The van der Waals surface area contributed by atoms with Gasteiger partial charge in [-0.15, -0.1) is 5.10 Å². The average Bonchev–Trinajstić information content (AvgIpc) is 2.67. The molecule has 0 saturated carbocycles. The van der Waals surface area contributed by atoms with Crippen molar-refractivity contribution in [2.45, 2.75) is 25.7 Å². The minimum Gasteiger partial charge on any atom is -0.468 e. The second-order valence-corrected chi connectivity index (χ2v) is 6.01. The maximum atomic E-state index is 12.6.